The van der Waals surface area contributed by atoms with E-state index in [4.69, 9.17) is 17.3 Å². The lowest BCUT2D eigenvalue weighted by Gasteiger charge is -2.28. The van der Waals surface area contributed by atoms with Crippen molar-refractivity contribution >= 4 is 29.9 Å². The summed E-state index contributed by atoms with van der Waals surface area (Å²) in [6, 6.07) is 7.59. The maximum Gasteiger partial charge on any atom is 0.225 e. The molecule has 3 N–H and O–H groups in total. The number of rotatable bonds is 3. The lowest BCUT2D eigenvalue weighted by Crippen LogP contribution is -2.45. The molecule has 0 aliphatic heterocycles. The molecule has 2 aliphatic carbocycles. The van der Waals surface area contributed by atoms with Gasteiger partial charge in [-0.15, -0.1) is 12.4 Å². The van der Waals surface area contributed by atoms with E-state index in [1.165, 1.54) is 6.42 Å². The van der Waals surface area contributed by atoms with Crippen molar-refractivity contribution in [3.63, 3.8) is 0 Å². The Morgan fingerprint density at radius 2 is 2.00 bits per heavy atom. The molecule has 1 aromatic carbocycles. The average molecular weight is 329 g/mol. The predicted molar refractivity (Wildman–Crippen MR) is 87.6 cm³/mol. The molecule has 0 heterocycles. The Hall–Kier alpha value is -0.770. The monoisotopic (exact) mass is 328 g/mol. The second-order valence-electron chi connectivity index (χ2n) is 6.19. The molecule has 5 unspecified atom stereocenters. The topological polar surface area (TPSA) is 55.1 Å². The van der Waals surface area contributed by atoms with Crippen LogP contribution in [0.3, 0.4) is 0 Å². The third-order valence-corrected chi connectivity index (χ3v) is 5.36. The highest BCUT2D eigenvalue weighted by molar-refractivity contribution is 6.31. The number of halogens is 2. The Labute approximate surface area is 137 Å². The molecule has 1 aromatic rings. The zero-order chi connectivity index (χ0) is 14.3. The predicted octanol–water partition coefficient (Wildman–Crippen LogP) is 3.31. The van der Waals surface area contributed by atoms with Gasteiger partial charge in [-0.1, -0.05) is 29.8 Å². The Bertz CT molecular complexity index is 521. The first-order valence-electron chi connectivity index (χ1n) is 7.38. The highest BCUT2D eigenvalue weighted by atomic mass is 35.5. The van der Waals surface area contributed by atoms with Gasteiger partial charge in [-0.3, -0.25) is 4.79 Å². The van der Waals surface area contributed by atoms with E-state index in [1.807, 2.05) is 31.2 Å². The van der Waals surface area contributed by atoms with Gasteiger partial charge in [0.2, 0.25) is 5.91 Å². The van der Waals surface area contributed by atoms with Gasteiger partial charge < -0.3 is 11.1 Å². The summed E-state index contributed by atoms with van der Waals surface area (Å²) in [6.45, 7) is 1.97. The second kappa shape index (κ2) is 6.55. The summed E-state index contributed by atoms with van der Waals surface area (Å²) < 4.78 is 0. The first-order valence-corrected chi connectivity index (χ1v) is 7.76. The summed E-state index contributed by atoms with van der Waals surface area (Å²) in [6.07, 6.45) is 3.46. The van der Waals surface area contributed by atoms with Crippen LogP contribution in [-0.2, 0) is 4.79 Å². The molecule has 0 radical (unpaired) electrons. The molecule has 3 nitrogen and oxygen atoms in total. The lowest BCUT2D eigenvalue weighted by atomic mass is 9.84. The van der Waals surface area contributed by atoms with Crippen LogP contribution in [0.5, 0.6) is 0 Å². The fraction of sp³-hybridized carbons (Fsp3) is 0.562. The van der Waals surface area contributed by atoms with Gasteiger partial charge in [-0.25, -0.2) is 0 Å². The van der Waals surface area contributed by atoms with Crippen molar-refractivity contribution in [1.82, 2.24) is 5.32 Å². The quantitative estimate of drug-likeness (QED) is 0.894. The van der Waals surface area contributed by atoms with E-state index in [-0.39, 0.29) is 36.3 Å². The molecule has 5 heteroatoms. The van der Waals surface area contributed by atoms with Crippen molar-refractivity contribution in [3.8, 4) is 0 Å². The first kappa shape index (κ1) is 16.6. The molecule has 2 saturated carbocycles. The van der Waals surface area contributed by atoms with Crippen LogP contribution in [-0.4, -0.2) is 11.9 Å². The van der Waals surface area contributed by atoms with Crippen LogP contribution in [0.1, 0.15) is 37.8 Å². The Morgan fingerprint density at radius 1 is 1.33 bits per heavy atom. The number of carbonyl (C=O) groups excluding carboxylic acids is 1. The number of hydrogen-bond donors (Lipinski definition) is 2. The molecule has 2 bridgehead atoms. The van der Waals surface area contributed by atoms with Gasteiger partial charge in [-0.2, -0.15) is 0 Å². The fourth-order valence-electron chi connectivity index (χ4n) is 3.94. The molecule has 5 atom stereocenters. The fourth-order valence-corrected chi connectivity index (χ4v) is 4.24. The van der Waals surface area contributed by atoms with E-state index < -0.39 is 0 Å². The summed E-state index contributed by atoms with van der Waals surface area (Å²) >= 11 is 6.18. The molecule has 0 spiro atoms. The molecule has 2 aliphatic rings. The summed E-state index contributed by atoms with van der Waals surface area (Å²) in [5, 5.41) is 3.78. The van der Waals surface area contributed by atoms with Crippen LogP contribution < -0.4 is 11.1 Å². The maximum absolute atomic E-state index is 12.5. The molecule has 0 saturated heterocycles. The van der Waals surface area contributed by atoms with E-state index in [9.17, 15) is 4.79 Å². The number of fused-ring (bicyclic) bond motifs is 2. The van der Waals surface area contributed by atoms with Crippen LogP contribution in [0.25, 0.3) is 0 Å². The van der Waals surface area contributed by atoms with E-state index in [0.717, 1.165) is 18.4 Å². The SMILES string of the molecule is CC(NC(=O)C1C2CCC(C2)C1N)c1ccccc1Cl.Cl. The molecule has 3 rings (SSSR count). The minimum absolute atomic E-state index is 0. The van der Waals surface area contributed by atoms with E-state index in [2.05, 4.69) is 5.32 Å². The van der Waals surface area contributed by atoms with Gasteiger partial charge in [-0.05, 0) is 49.7 Å². The summed E-state index contributed by atoms with van der Waals surface area (Å²) in [5.41, 5.74) is 7.18. The average Bonchev–Trinajstić information content (AvgIpc) is 2.99. The maximum atomic E-state index is 12.5. The number of carbonyl (C=O) groups is 1. The van der Waals surface area contributed by atoms with Crippen molar-refractivity contribution < 1.29 is 4.79 Å². The number of nitrogens with one attached hydrogen (secondary N) is 1. The van der Waals surface area contributed by atoms with Gasteiger partial charge in [0.15, 0.2) is 0 Å². The molecule has 116 valence electrons. The van der Waals surface area contributed by atoms with Crippen molar-refractivity contribution in [2.75, 3.05) is 0 Å². The van der Waals surface area contributed by atoms with Gasteiger partial charge in [0.05, 0.1) is 12.0 Å². The molecule has 2 fully saturated rings. The molecule has 0 aromatic heterocycles. The van der Waals surface area contributed by atoms with Gasteiger partial charge in [0, 0.05) is 11.1 Å². The zero-order valence-electron chi connectivity index (χ0n) is 12.1. The summed E-state index contributed by atoms with van der Waals surface area (Å²) in [4.78, 5) is 12.5. The molecular weight excluding hydrogens is 307 g/mol. The smallest absolute Gasteiger partial charge is 0.225 e. The summed E-state index contributed by atoms with van der Waals surface area (Å²) in [7, 11) is 0. The van der Waals surface area contributed by atoms with Crippen LogP contribution in [0.4, 0.5) is 0 Å². The van der Waals surface area contributed by atoms with Crippen molar-refractivity contribution in [1.29, 1.82) is 0 Å². The zero-order valence-corrected chi connectivity index (χ0v) is 13.7. The minimum atomic E-state index is -0.0810. The molecule has 1 amide bonds. The Kier molecular flexibility index (Phi) is 5.18. The summed E-state index contributed by atoms with van der Waals surface area (Å²) in [5.74, 6) is 1.11. The van der Waals surface area contributed by atoms with Crippen LogP contribution in [0.15, 0.2) is 24.3 Å². The molecule has 21 heavy (non-hydrogen) atoms. The third kappa shape index (κ3) is 3.05. The first-order chi connectivity index (χ1) is 9.58. The van der Waals surface area contributed by atoms with Crippen LogP contribution >= 0.6 is 24.0 Å². The van der Waals surface area contributed by atoms with Crippen LogP contribution in [0, 0.1) is 17.8 Å². The number of benzene rings is 1. The number of hydrogen-bond acceptors (Lipinski definition) is 2. The standard InChI is InChI=1S/C16H21ClN2O.ClH/c1-9(12-4-2-3-5-13(12)17)19-16(20)14-10-6-7-11(8-10)15(14)18;/h2-5,9-11,14-15H,6-8,18H2,1H3,(H,19,20);1H. The van der Waals surface area contributed by atoms with Gasteiger partial charge in [0.25, 0.3) is 0 Å². The second-order valence-corrected chi connectivity index (χ2v) is 6.60. The van der Waals surface area contributed by atoms with E-state index in [1.54, 1.807) is 0 Å². The van der Waals surface area contributed by atoms with E-state index >= 15 is 0 Å². The molecular formula is C16H22Cl2N2O. The highest BCUT2D eigenvalue weighted by Gasteiger charge is 2.49. The Morgan fingerprint density at radius 3 is 2.62 bits per heavy atom. The largest absolute Gasteiger partial charge is 0.349 e. The number of amides is 1. The third-order valence-electron chi connectivity index (χ3n) is 5.01. The van der Waals surface area contributed by atoms with Crippen molar-refractivity contribution in [3.05, 3.63) is 34.9 Å². The Balaban J connectivity index is 0.00000161. The number of nitrogens with two attached hydrogens (primary N) is 1. The van der Waals surface area contributed by atoms with Gasteiger partial charge >= 0.3 is 0 Å². The van der Waals surface area contributed by atoms with Crippen molar-refractivity contribution in [2.24, 2.45) is 23.5 Å². The normalized spacial score (nSPS) is 31.6. The van der Waals surface area contributed by atoms with E-state index in [0.29, 0.717) is 16.9 Å². The van der Waals surface area contributed by atoms with Crippen LogP contribution in [0.2, 0.25) is 5.02 Å². The van der Waals surface area contributed by atoms with Gasteiger partial charge in [0.1, 0.15) is 0 Å². The minimum Gasteiger partial charge on any atom is -0.349 e. The lowest BCUT2D eigenvalue weighted by molar-refractivity contribution is -0.127. The van der Waals surface area contributed by atoms with Crippen molar-refractivity contribution in [2.45, 2.75) is 38.3 Å². The highest BCUT2D eigenvalue weighted by Crippen LogP contribution is 2.47.